The Morgan fingerprint density at radius 1 is 0.950 bits per heavy atom. The van der Waals surface area contributed by atoms with Crippen molar-refractivity contribution < 1.29 is 9.53 Å². The fourth-order valence-corrected chi connectivity index (χ4v) is 2.38. The summed E-state index contributed by atoms with van der Waals surface area (Å²) in [5.41, 5.74) is 0. The van der Waals surface area contributed by atoms with Crippen LogP contribution < -0.4 is 0 Å². The number of carbonyl (C=O) groups is 1. The highest BCUT2D eigenvalue weighted by Crippen LogP contribution is 2.07. The van der Waals surface area contributed by atoms with Crippen LogP contribution in [0.25, 0.3) is 0 Å². The van der Waals surface area contributed by atoms with Gasteiger partial charge in [-0.2, -0.15) is 0 Å². The molecular formula is C17H31BrO2. The maximum atomic E-state index is 11.4. The number of hydrogen-bond donors (Lipinski definition) is 0. The zero-order valence-electron chi connectivity index (χ0n) is 13.0. The molecule has 0 radical (unpaired) electrons. The minimum absolute atomic E-state index is 0.0545. The van der Waals surface area contributed by atoms with Crippen LogP contribution >= 0.6 is 15.9 Å². The third-order valence-electron chi connectivity index (χ3n) is 3.25. The molecule has 0 aliphatic heterocycles. The second kappa shape index (κ2) is 16.7. The van der Waals surface area contributed by atoms with Gasteiger partial charge in [-0.1, -0.05) is 73.5 Å². The molecule has 0 heterocycles. The fourth-order valence-electron chi connectivity index (χ4n) is 1.98. The Bertz CT molecular complexity index is 239. The number of alkyl halides is 1. The number of hydrogen-bond acceptors (Lipinski definition) is 2. The fraction of sp³-hybridized carbons (Fsp3) is 0.824. The largest absolute Gasteiger partial charge is 0.461 e. The monoisotopic (exact) mass is 346 g/mol. The summed E-state index contributed by atoms with van der Waals surface area (Å²) in [5.74, 6) is -0.0545. The first-order chi connectivity index (χ1) is 9.81. The van der Waals surface area contributed by atoms with E-state index >= 15 is 0 Å². The summed E-state index contributed by atoms with van der Waals surface area (Å²) in [6, 6.07) is 0. The van der Waals surface area contributed by atoms with Crippen molar-refractivity contribution in [3.63, 3.8) is 0 Å². The summed E-state index contributed by atoms with van der Waals surface area (Å²) in [6.07, 6.45) is 16.7. The number of esters is 1. The van der Waals surface area contributed by atoms with Gasteiger partial charge in [0, 0.05) is 11.8 Å². The van der Waals surface area contributed by atoms with Gasteiger partial charge in [0.1, 0.15) is 6.61 Å². The molecule has 0 aliphatic carbocycles. The Morgan fingerprint density at radius 2 is 1.65 bits per heavy atom. The van der Waals surface area contributed by atoms with Crippen molar-refractivity contribution in [2.24, 2.45) is 0 Å². The van der Waals surface area contributed by atoms with Crippen LogP contribution in [0.5, 0.6) is 0 Å². The molecule has 3 heteroatoms. The molecule has 0 aromatic heterocycles. The number of halogens is 1. The Morgan fingerprint density at radius 3 is 2.40 bits per heavy atom. The average Bonchev–Trinajstić information content (AvgIpc) is 2.45. The molecule has 118 valence electrons. The normalized spacial score (nSPS) is 11.1. The molecule has 0 spiro atoms. The minimum Gasteiger partial charge on any atom is -0.461 e. The maximum absolute atomic E-state index is 11.4. The number of allylic oxidation sites excluding steroid dienone is 1. The molecule has 0 saturated carbocycles. The van der Waals surface area contributed by atoms with Gasteiger partial charge in [0.2, 0.25) is 0 Å². The highest BCUT2D eigenvalue weighted by atomic mass is 79.9. The summed E-state index contributed by atoms with van der Waals surface area (Å²) in [4.78, 5) is 11.4. The zero-order chi connectivity index (χ0) is 14.9. The molecule has 0 aromatic rings. The van der Waals surface area contributed by atoms with Gasteiger partial charge in [-0.25, -0.2) is 0 Å². The van der Waals surface area contributed by atoms with E-state index in [-0.39, 0.29) is 5.97 Å². The van der Waals surface area contributed by atoms with Crippen molar-refractivity contribution in [2.75, 3.05) is 11.9 Å². The van der Waals surface area contributed by atoms with Gasteiger partial charge in [-0.15, -0.1) is 0 Å². The molecule has 0 rings (SSSR count). The smallest absolute Gasteiger partial charge is 0.306 e. The van der Waals surface area contributed by atoms with E-state index in [0.29, 0.717) is 13.0 Å². The van der Waals surface area contributed by atoms with Crippen molar-refractivity contribution in [3.8, 4) is 0 Å². The molecule has 0 aliphatic rings. The van der Waals surface area contributed by atoms with E-state index in [1.165, 1.54) is 44.9 Å². The van der Waals surface area contributed by atoms with E-state index in [2.05, 4.69) is 28.9 Å². The van der Waals surface area contributed by atoms with Crippen LogP contribution in [0.4, 0.5) is 0 Å². The first-order valence-corrected chi connectivity index (χ1v) is 9.30. The van der Waals surface area contributed by atoms with Crippen molar-refractivity contribution in [1.29, 1.82) is 0 Å². The predicted octanol–water partition coefficient (Wildman–Crippen LogP) is 5.79. The minimum atomic E-state index is -0.0545. The summed E-state index contributed by atoms with van der Waals surface area (Å²) < 4.78 is 5.16. The first-order valence-electron chi connectivity index (χ1n) is 8.17. The van der Waals surface area contributed by atoms with Crippen LogP contribution in [0.15, 0.2) is 12.2 Å². The predicted molar refractivity (Wildman–Crippen MR) is 90.4 cm³/mol. The highest BCUT2D eigenvalue weighted by Gasteiger charge is 2.00. The molecule has 0 unspecified atom stereocenters. The lowest BCUT2D eigenvalue weighted by molar-refractivity contribution is -0.142. The standard InChI is InChI=1S/C17H31BrO2/c1-2-3-4-5-6-10-13-16-20-17(19)14-11-8-7-9-12-15-18/h10,13H,2-9,11-12,14-16H2,1H3/b13-10-. The van der Waals surface area contributed by atoms with E-state index in [4.69, 9.17) is 4.74 Å². The van der Waals surface area contributed by atoms with Crippen molar-refractivity contribution in [3.05, 3.63) is 12.2 Å². The lowest BCUT2D eigenvalue weighted by Gasteiger charge is -2.02. The quantitative estimate of drug-likeness (QED) is 0.172. The second-order valence-corrected chi connectivity index (χ2v) is 6.00. The molecule has 2 nitrogen and oxygen atoms in total. The van der Waals surface area contributed by atoms with E-state index in [1.54, 1.807) is 0 Å². The summed E-state index contributed by atoms with van der Waals surface area (Å²) in [6.45, 7) is 2.66. The zero-order valence-corrected chi connectivity index (χ0v) is 14.6. The lowest BCUT2D eigenvalue weighted by Crippen LogP contribution is -2.03. The maximum Gasteiger partial charge on any atom is 0.306 e. The van der Waals surface area contributed by atoms with Crippen LogP contribution in [0.3, 0.4) is 0 Å². The molecule has 20 heavy (non-hydrogen) atoms. The Labute approximate surface area is 133 Å². The Balaban J connectivity index is 3.25. The number of rotatable bonds is 14. The van der Waals surface area contributed by atoms with Crippen molar-refractivity contribution in [2.45, 2.75) is 77.6 Å². The van der Waals surface area contributed by atoms with Crippen LogP contribution in [-0.4, -0.2) is 17.9 Å². The van der Waals surface area contributed by atoms with Crippen molar-refractivity contribution in [1.82, 2.24) is 0 Å². The Kier molecular flexibility index (Phi) is 16.5. The van der Waals surface area contributed by atoms with Crippen molar-refractivity contribution >= 4 is 21.9 Å². The third-order valence-corrected chi connectivity index (χ3v) is 3.81. The molecule has 0 amide bonds. The van der Waals surface area contributed by atoms with Crippen LogP contribution in [-0.2, 0) is 9.53 Å². The number of unbranched alkanes of at least 4 members (excludes halogenated alkanes) is 8. The van der Waals surface area contributed by atoms with Crippen LogP contribution in [0, 0.1) is 0 Å². The molecule has 0 fully saturated rings. The van der Waals surface area contributed by atoms with E-state index in [0.717, 1.165) is 24.6 Å². The Hall–Kier alpha value is -0.310. The SMILES string of the molecule is CCCCCC/C=C\COC(=O)CCCCCCCBr. The van der Waals surface area contributed by atoms with E-state index in [1.807, 2.05) is 6.08 Å². The first kappa shape index (κ1) is 19.7. The highest BCUT2D eigenvalue weighted by molar-refractivity contribution is 9.09. The van der Waals surface area contributed by atoms with Gasteiger partial charge < -0.3 is 4.74 Å². The van der Waals surface area contributed by atoms with Gasteiger partial charge in [0.05, 0.1) is 0 Å². The van der Waals surface area contributed by atoms with Gasteiger partial charge in [0.25, 0.3) is 0 Å². The van der Waals surface area contributed by atoms with Crippen LogP contribution in [0.2, 0.25) is 0 Å². The molecule has 0 atom stereocenters. The summed E-state index contributed by atoms with van der Waals surface area (Å²) in [7, 11) is 0. The van der Waals surface area contributed by atoms with Gasteiger partial charge in [-0.05, 0) is 25.7 Å². The number of carbonyl (C=O) groups excluding carboxylic acids is 1. The van der Waals surface area contributed by atoms with Gasteiger partial charge in [-0.3, -0.25) is 4.79 Å². The van der Waals surface area contributed by atoms with Crippen LogP contribution in [0.1, 0.15) is 77.6 Å². The second-order valence-electron chi connectivity index (χ2n) is 5.21. The molecule has 0 bridgehead atoms. The molecule has 0 N–H and O–H groups in total. The summed E-state index contributed by atoms with van der Waals surface area (Å²) >= 11 is 3.42. The van der Waals surface area contributed by atoms with E-state index < -0.39 is 0 Å². The van der Waals surface area contributed by atoms with Gasteiger partial charge in [0.15, 0.2) is 0 Å². The molecule has 0 aromatic carbocycles. The van der Waals surface area contributed by atoms with Gasteiger partial charge >= 0.3 is 5.97 Å². The molecular weight excluding hydrogens is 316 g/mol. The third kappa shape index (κ3) is 15.7. The molecule has 0 saturated heterocycles. The topological polar surface area (TPSA) is 26.3 Å². The lowest BCUT2D eigenvalue weighted by atomic mass is 10.1. The average molecular weight is 347 g/mol. The van der Waals surface area contributed by atoms with E-state index in [9.17, 15) is 4.79 Å². The number of ether oxygens (including phenoxy) is 1. The summed E-state index contributed by atoms with van der Waals surface area (Å²) in [5, 5.41) is 1.08.